The van der Waals surface area contributed by atoms with Gasteiger partial charge < -0.3 is 5.11 Å². The molecule has 1 aliphatic carbocycles. The number of hydrogen-bond acceptors (Lipinski definition) is 1. The highest BCUT2D eigenvalue weighted by atomic mass is 79.9. The molecular weight excluding hydrogens is 280 g/mol. The third-order valence-corrected chi connectivity index (χ3v) is 4.53. The van der Waals surface area contributed by atoms with Crippen molar-refractivity contribution in [3.05, 3.63) is 54.1 Å². The lowest BCUT2D eigenvalue weighted by molar-refractivity contribution is -0.144. The van der Waals surface area contributed by atoms with Crippen molar-refractivity contribution in [2.24, 2.45) is 5.41 Å². The van der Waals surface area contributed by atoms with E-state index in [1.165, 1.54) is 0 Å². The molecule has 0 aromatic heterocycles. The van der Waals surface area contributed by atoms with Gasteiger partial charge in [-0.2, -0.15) is 0 Å². The molecule has 0 bridgehead atoms. The summed E-state index contributed by atoms with van der Waals surface area (Å²) in [7, 11) is 0. The van der Waals surface area contributed by atoms with Crippen molar-refractivity contribution in [3.8, 4) is 0 Å². The topological polar surface area (TPSA) is 37.3 Å². The van der Waals surface area contributed by atoms with Crippen LogP contribution in [0.3, 0.4) is 0 Å². The van der Waals surface area contributed by atoms with E-state index in [0.717, 1.165) is 11.1 Å². The van der Waals surface area contributed by atoms with Crippen LogP contribution in [0.1, 0.15) is 12.5 Å². The first-order valence-corrected chi connectivity index (χ1v) is 6.29. The molecule has 0 radical (unpaired) electrons. The van der Waals surface area contributed by atoms with Gasteiger partial charge in [-0.3, -0.25) is 4.79 Å². The number of allylic oxidation sites excluding steroid dienone is 3. The fourth-order valence-electron chi connectivity index (χ4n) is 1.90. The fraction of sp³-hybridized carbons (Fsp3) is 0.214. The number of carboxylic acids is 1. The van der Waals surface area contributed by atoms with Gasteiger partial charge in [-0.1, -0.05) is 64.5 Å². The van der Waals surface area contributed by atoms with Gasteiger partial charge in [0.25, 0.3) is 0 Å². The van der Waals surface area contributed by atoms with E-state index < -0.39 is 11.4 Å². The van der Waals surface area contributed by atoms with Gasteiger partial charge in [0, 0.05) is 0 Å². The molecule has 0 spiro atoms. The average molecular weight is 293 g/mol. The summed E-state index contributed by atoms with van der Waals surface area (Å²) in [4.78, 5) is 11.1. The zero-order valence-electron chi connectivity index (χ0n) is 9.43. The Kier molecular flexibility index (Phi) is 3.20. The molecule has 0 aliphatic heterocycles. The Bertz CT molecular complexity index is 490. The minimum atomic E-state index is -0.903. The normalized spacial score (nSPS) is 27.6. The molecule has 0 fully saturated rings. The third-order valence-electron chi connectivity index (χ3n) is 3.09. The predicted molar refractivity (Wildman–Crippen MR) is 72.0 cm³/mol. The first-order chi connectivity index (χ1) is 8.05. The van der Waals surface area contributed by atoms with E-state index >= 15 is 0 Å². The van der Waals surface area contributed by atoms with Gasteiger partial charge in [-0.05, 0) is 18.1 Å². The lowest BCUT2D eigenvalue weighted by atomic mass is 9.78. The molecule has 2 nitrogen and oxygen atoms in total. The summed E-state index contributed by atoms with van der Waals surface area (Å²) in [6, 6.07) is 9.82. The highest BCUT2D eigenvalue weighted by Gasteiger charge is 2.41. The minimum Gasteiger partial charge on any atom is -0.481 e. The SMILES string of the molecule is CC1(C(=O)O)C=CC=C(c2ccccc2)C1Br. The van der Waals surface area contributed by atoms with Crippen LogP contribution in [0.15, 0.2) is 48.6 Å². The zero-order chi connectivity index (χ0) is 12.5. The van der Waals surface area contributed by atoms with E-state index in [2.05, 4.69) is 15.9 Å². The molecule has 0 saturated carbocycles. The van der Waals surface area contributed by atoms with E-state index in [1.54, 1.807) is 13.0 Å². The average Bonchev–Trinajstić information content (AvgIpc) is 2.33. The molecule has 3 heteroatoms. The van der Waals surface area contributed by atoms with Crippen molar-refractivity contribution in [3.63, 3.8) is 0 Å². The molecule has 1 aromatic carbocycles. The molecule has 1 N–H and O–H groups in total. The molecule has 88 valence electrons. The summed E-state index contributed by atoms with van der Waals surface area (Å²) < 4.78 is 0. The van der Waals surface area contributed by atoms with Gasteiger partial charge in [0.1, 0.15) is 0 Å². The summed E-state index contributed by atoms with van der Waals surface area (Å²) in [6.07, 6.45) is 5.49. The van der Waals surface area contributed by atoms with Crippen molar-refractivity contribution in [2.75, 3.05) is 0 Å². The zero-order valence-corrected chi connectivity index (χ0v) is 11.0. The van der Waals surface area contributed by atoms with E-state index in [0.29, 0.717) is 0 Å². The highest BCUT2D eigenvalue weighted by molar-refractivity contribution is 9.09. The minimum absolute atomic E-state index is 0.222. The third kappa shape index (κ3) is 2.07. The summed E-state index contributed by atoms with van der Waals surface area (Å²) in [6.45, 7) is 1.72. The lowest BCUT2D eigenvalue weighted by Crippen LogP contribution is -2.36. The Labute approximate surface area is 109 Å². The van der Waals surface area contributed by atoms with Crippen LogP contribution in [0.5, 0.6) is 0 Å². The smallest absolute Gasteiger partial charge is 0.314 e. The molecule has 2 atom stereocenters. The van der Waals surface area contributed by atoms with Crippen molar-refractivity contribution in [2.45, 2.75) is 11.8 Å². The van der Waals surface area contributed by atoms with Gasteiger partial charge in [-0.15, -0.1) is 0 Å². The maximum Gasteiger partial charge on any atom is 0.314 e. The molecule has 17 heavy (non-hydrogen) atoms. The van der Waals surface area contributed by atoms with E-state index in [4.69, 9.17) is 0 Å². The van der Waals surface area contributed by atoms with Crippen LogP contribution in [0, 0.1) is 5.41 Å². The molecular formula is C14H13BrO2. The summed E-state index contributed by atoms with van der Waals surface area (Å²) in [5, 5.41) is 9.32. The van der Waals surface area contributed by atoms with Crippen LogP contribution in [-0.4, -0.2) is 15.9 Å². The molecule has 0 saturated heterocycles. The molecule has 0 amide bonds. The van der Waals surface area contributed by atoms with Crippen LogP contribution < -0.4 is 0 Å². The number of rotatable bonds is 2. The van der Waals surface area contributed by atoms with Crippen LogP contribution in [0.4, 0.5) is 0 Å². The fourth-order valence-corrected chi connectivity index (χ4v) is 2.66. The first-order valence-electron chi connectivity index (χ1n) is 5.38. The monoisotopic (exact) mass is 292 g/mol. The highest BCUT2D eigenvalue weighted by Crippen LogP contribution is 2.41. The Morgan fingerprint density at radius 3 is 2.59 bits per heavy atom. The van der Waals surface area contributed by atoms with Crippen molar-refractivity contribution in [1.82, 2.24) is 0 Å². The Morgan fingerprint density at radius 1 is 1.35 bits per heavy atom. The van der Waals surface area contributed by atoms with Gasteiger partial charge in [0.05, 0.1) is 10.2 Å². The summed E-state index contributed by atoms with van der Waals surface area (Å²) in [5.41, 5.74) is 1.14. The number of alkyl halides is 1. The van der Waals surface area contributed by atoms with Gasteiger partial charge >= 0.3 is 5.97 Å². The molecule has 2 rings (SSSR count). The number of halogens is 1. The standard InChI is InChI=1S/C14H13BrO2/c1-14(13(16)17)9-5-8-11(12(14)15)10-6-3-2-4-7-10/h2-9,12H,1H3,(H,16,17). The summed E-state index contributed by atoms with van der Waals surface area (Å²) in [5.74, 6) is -0.822. The number of aliphatic carboxylic acids is 1. The van der Waals surface area contributed by atoms with Crippen molar-refractivity contribution < 1.29 is 9.90 Å². The van der Waals surface area contributed by atoms with Gasteiger partial charge in [0.15, 0.2) is 0 Å². The molecule has 1 aliphatic rings. The number of carbonyl (C=O) groups is 1. The van der Waals surface area contributed by atoms with Gasteiger partial charge in [-0.25, -0.2) is 0 Å². The Balaban J connectivity index is 2.42. The van der Waals surface area contributed by atoms with Crippen LogP contribution in [0.2, 0.25) is 0 Å². The number of benzene rings is 1. The number of hydrogen-bond donors (Lipinski definition) is 1. The lowest BCUT2D eigenvalue weighted by Gasteiger charge is -2.31. The van der Waals surface area contributed by atoms with Crippen LogP contribution in [0.25, 0.3) is 5.57 Å². The molecule has 1 aromatic rings. The second kappa shape index (κ2) is 4.49. The van der Waals surface area contributed by atoms with E-state index in [-0.39, 0.29) is 4.83 Å². The Hall–Kier alpha value is -1.35. The van der Waals surface area contributed by atoms with Gasteiger partial charge in [0.2, 0.25) is 0 Å². The van der Waals surface area contributed by atoms with Crippen molar-refractivity contribution >= 4 is 27.5 Å². The molecule has 2 unspecified atom stereocenters. The predicted octanol–water partition coefficient (Wildman–Crippen LogP) is 3.49. The quantitative estimate of drug-likeness (QED) is 0.847. The second-order valence-electron chi connectivity index (χ2n) is 4.30. The van der Waals surface area contributed by atoms with E-state index in [9.17, 15) is 9.90 Å². The number of carboxylic acid groups (broad SMARTS) is 1. The molecule has 0 heterocycles. The largest absolute Gasteiger partial charge is 0.481 e. The maximum absolute atomic E-state index is 11.4. The van der Waals surface area contributed by atoms with Crippen molar-refractivity contribution in [1.29, 1.82) is 0 Å². The Morgan fingerprint density at radius 2 is 2.00 bits per heavy atom. The van der Waals surface area contributed by atoms with E-state index in [1.807, 2.05) is 42.5 Å². The van der Waals surface area contributed by atoms with Crippen LogP contribution >= 0.6 is 15.9 Å². The maximum atomic E-state index is 11.4. The second-order valence-corrected chi connectivity index (χ2v) is 5.21. The summed E-state index contributed by atoms with van der Waals surface area (Å²) >= 11 is 3.51. The van der Waals surface area contributed by atoms with Crippen LogP contribution in [-0.2, 0) is 4.79 Å². The first kappa shape index (κ1) is 12.1.